The highest BCUT2D eigenvalue weighted by molar-refractivity contribution is 7.92. The highest BCUT2D eigenvalue weighted by Gasteiger charge is 2.32. The smallest absolute Gasteiger partial charge is 0.238 e. The lowest BCUT2D eigenvalue weighted by molar-refractivity contribution is -0.122. The lowest BCUT2D eigenvalue weighted by Gasteiger charge is -2.26. The molecule has 21 heavy (non-hydrogen) atoms. The van der Waals surface area contributed by atoms with Crippen molar-refractivity contribution in [3.05, 3.63) is 24.0 Å². The number of nitrogens with two attached hydrogens (primary N) is 1. The molecule has 0 radical (unpaired) electrons. The van der Waals surface area contributed by atoms with Crippen LogP contribution in [0.5, 0.6) is 0 Å². The maximum Gasteiger partial charge on any atom is 0.238 e. The Morgan fingerprint density at radius 1 is 1.38 bits per heavy atom. The van der Waals surface area contributed by atoms with E-state index in [0.717, 1.165) is 18.2 Å². The number of carbonyl (C=O) groups excluding carboxylic acids is 1. The molecule has 1 aromatic carbocycles. The van der Waals surface area contributed by atoms with Gasteiger partial charge in [0.15, 0.2) is 9.84 Å². The summed E-state index contributed by atoms with van der Waals surface area (Å²) in [4.78, 5) is 11.8. The Balaban J connectivity index is 3.10. The first-order valence-corrected chi connectivity index (χ1v) is 8.16. The third-order valence-electron chi connectivity index (χ3n) is 3.40. The van der Waals surface area contributed by atoms with Gasteiger partial charge in [0, 0.05) is 11.2 Å². The van der Waals surface area contributed by atoms with Crippen LogP contribution in [-0.4, -0.2) is 25.1 Å². The third-order valence-corrected chi connectivity index (χ3v) is 5.44. The molecule has 0 aliphatic carbocycles. The van der Waals surface area contributed by atoms with Crippen molar-refractivity contribution in [1.29, 1.82) is 0 Å². The fourth-order valence-corrected chi connectivity index (χ4v) is 2.94. The van der Waals surface area contributed by atoms with Gasteiger partial charge >= 0.3 is 0 Å². The topological polar surface area (TPSA) is 89.3 Å². The van der Waals surface area contributed by atoms with Gasteiger partial charge in [-0.25, -0.2) is 12.8 Å². The van der Waals surface area contributed by atoms with Gasteiger partial charge in [0.05, 0.1) is 4.90 Å². The van der Waals surface area contributed by atoms with Crippen molar-refractivity contribution >= 4 is 21.4 Å². The average Bonchev–Trinajstić information content (AvgIpc) is 2.36. The first kappa shape index (κ1) is 17.4. The van der Waals surface area contributed by atoms with Gasteiger partial charge in [0.25, 0.3) is 0 Å². The summed E-state index contributed by atoms with van der Waals surface area (Å²) in [6.07, 6.45) is 0.651. The van der Waals surface area contributed by atoms with Crippen LogP contribution in [0.4, 0.5) is 10.1 Å². The first-order chi connectivity index (χ1) is 9.49. The van der Waals surface area contributed by atoms with E-state index in [1.807, 2.05) is 6.92 Å². The predicted molar refractivity (Wildman–Crippen MR) is 80.0 cm³/mol. The second-order valence-corrected chi connectivity index (χ2v) is 7.90. The molecule has 1 atom stereocenters. The number of hydrogen-bond acceptors (Lipinski definition) is 4. The van der Waals surface area contributed by atoms with Crippen molar-refractivity contribution in [3.8, 4) is 0 Å². The average molecular weight is 316 g/mol. The summed E-state index contributed by atoms with van der Waals surface area (Å²) in [6.45, 7) is 6.75. The number of benzene rings is 1. The molecule has 0 aliphatic rings. The molecule has 0 heterocycles. The number of rotatable bonds is 5. The Kier molecular flexibility index (Phi) is 4.99. The second-order valence-electron chi connectivity index (χ2n) is 5.63. The molecule has 0 saturated heterocycles. The molecule has 118 valence electrons. The van der Waals surface area contributed by atoms with E-state index >= 15 is 0 Å². The maximum atomic E-state index is 13.3. The van der Waals surface area contributed by atoms with E-state index < -0.39 is 32.4 Å². The van der Waals surface area contributed by atoms with Gasteiger partial charge in [-0.15, -0.1) is 0 Å². The Hall–Kier alpha value is -1.63. The zero-order valence-corrected chi connectivity index (χ0v) is 13.4. The molecule has 7 heteroatoms. The minimum absolute atomic E-state index is 0.00456. The number of halogens is 1. The van der Waals surface area contributed by atoms with Crippen molar-refractivity contribution in [2.45, 2.75) is 49.8 Å². The number of sulfone groups is 1. The van der Waals surface area contributed by atoms with Crippen LogP contribution >= 0.6 is 0 Å². The molecular formula is C14H21FN2O3S. The van der Waals surface area contributed by atoms with Crippen LogP contribution in [0.2, 0.25) is 0 Å². The van der Waals surface area contributed by atoms with E-state index in [1.165, 1.54) is 6.92 Å². The Labute approximate surface area is 124 Å². The first-order valence-electron chi connectivity index (χ1n) is 6.61. The minimum atomic E-state index is -4.00. The van der Waals surface area contributed by atoms with Crippen LogP contribution in [0, 0.1) is 5.82 Å². The fourth-order valence-electron chi connectivity index (χ4n) is 1.62. The molecule has 0 fully saturated rings. The van der Waals surface area contributed by atoms with Crippen LogP contribution in [0.3, 0.4) is 0 Å². The van der Waals surface area contributed by atoms with Crippen molar-refractivity contribution in [2.75, 3.05) is 5.73 Å². The van der Waals surface area contributed by atoms with Gasteiger partial charge in [-0.3, -0.25) is 4.79 Å². The van der Waals surface area contributed by atoms with Crippen LogP contribution < -0.4 is 11.1 Å². The number of carbonyl (C=O) groups is 1. The molecule has 1 amide bonds. The third kappa shape index (κ3) is 4.17. The van der Waals surface area contributed by atoms with Crippen LogP contribution in [0.15, 0.2) is 23.1 Å². The number of anilines is 1. The normalized spacial score (nSPS) is 13.8. The van der Waals surface area contributed by atoms with Gasteiger partial charge in [0.1, 0.15) is 11.1 Å². The standard InChI is InChI=1S/C14H21FN2O3S/c1-5-14(3,4)17-13(18)9(2)21(19,20)12-7-10(15)6-11(16)8-12/h6-9H,5,16H2,1-4H3,(H,17,18). The van der Waals surface area contributed by atoms with Crippen LogP contribution in [0.1, 0.15) is 34.1 Å². The van der Waals surface area contributed by atoms with E-state index in [1.54, 1.807) is 13.8 Å². The predicted octanol–water partition coefficient (Wildman–Crippen LogP) is 1.87. The van der Waals surface area contributed by atoms with E-state index in [2.05, 4.69) is 5.32 Å². The summed E-state index contributed by atoms with van der Waals surface area (Å²) in [5, 5.41) is 1.34. The molecule has 0 bridgehead atoms. The molecule has 5 nitrogen and oxygen atoms in total. The lowest BCUT2D eigenvalue weighted by atomic mass is 10.0. The monoisotopic (exact) mass is 316 g/mol. The van der Waals surface area contributed by atoms with Crippen molar-refractivity contribution < 1.29 is 17.6 Å². The van der Waals surface area contributed by atoms with Crippen LogP contribution in [0.25, 0.3) is 0 Å². The summed E-state index contributed by atoms with van der Waals surface area (Å²) < 4.78 is 38.0. The largest absolute Gasteiger partial charge is 0.399 e. The SMILES string of the molecule is CCC(C)(C)NC(=O)C(C)S(=O)(=O)c1cc(N)cc(F)c1. The summed E-state index contributed by atoms with van der Waals surface area (Å²) in [5.41, 5.74) is 4.93. The highest BCUT2D eigenvalue weighted by atomic mass is 32.2. The Morgan fingerprint density at radius 3 is 2.43 bits per heavy atom. The molecule has 1 rings (SSSR count). The zero-order chi connectivity index (χ0) is 16.4. The molecule has 1 aromatic rings. The number of amides is 1. The van der Waals surface area contributed by atoms with Gasteiger partial charge < -0.3 is 11.1 Å². The molecule has 1 unspecified atom stereocenters. The summed E-state index contributed by atoms with van der Waals surface area (Å²) in [7, 11) is -4.00. The number of nitrogens with one attached hydrogen (secondary N) is 1. The second kappa shape index (κ2) is 6.01. The van der Waals surface area contributed by atoms with E-state index in [-0.39, 0.29) is 10.6 Å². The Morgan fingerprint density at radius 2 is 1.95 bits per heavy atom. The fraction of sp³-hybridized carbons (Fsp3) is 0.500. The summed E-state index contributed by atoms with van der Waals surface area (Å²) >= 11 is 0. The molecule has 3 N–H and O–H groups in total. The number of nitrogen functional groups attached to an aromatic ring is 1. The van der Waals surface area contributed by atoms with Gasteiger partial charge in [0.2, 0.25) is 5.91 Å². The van der Waals surface area contributed by atoms with Gasteiger partial charge in [-0.05, 0) is 45.4 Å². The molecule has 0 aliphatic heterocycles. The lowest BCUT2D eigenvalue weighted by Crippen LogP contribution is -2.48. The zero-order valence-electron chi connectivity index (χ0n) is 12.6. The summed E-state index contributed by atoms with van der Waals surface area (Å²) in [5.74, 6) is -1.38. The minimum Gasteiger partial charge on any atom is -0.399 e. The quantitative estimate of drug-likeness (QED) is 0.812. The van der Waals surface area contributed by atoms with E-state index in [0.29, 0.717) is 6.42 Å². The Bertz CT molecular complexity index is 621. The van der Waals surface area contributed by atoms with Gasteiger partial charge in [-0.1, -0.05) is 6.92 Å². The molecule has 0 aromatic heterocycles. The maximum absolute atomic E-state index is 13.3. The molecule has 0 spiro atoms. The van der Waals surface area contributed by atoms with E-state index in [4.69, 9.17) is 5.73 Å². The molecule has 0 saturated carbocycles. The van der Waals surface area contributed by atoms with Crippen molar-refractivity contribution in [3.63, 3.8) is 0 Å². The van der Waals surface area contributed by atoms with Gasteiger partial charge in [-0.2, -0.15) is 0 Å². The summed E-state index contributed by atoms with van der Waals surface area (Å²) in [6, 6.07) is 3.03. The van der Waals surface area contributed by atoms with Crippen molar-refractivity contribution in [1.82, 2.24) is 5.32 Å². The number of hydrogen-bond donors (Lipinski definition) is 2. The van der Waals surface area contributed by atoms with Crippen LogP contribution in [-0.2, 0) is 14.6 Å². The van der Waals surface area contributed by atoms with E-state index in [9.17, 15) is 17.6 Å². The highest BCUT2D eigenvalue weighted by Crippen LogP contribution is 2.21. The van der Waals surface area contributed by atoms with Crippen molar-refractivity contribution in [2.24, 2.45) is 0 Å². The molecular weight excluding hydrogens is 295 g/mol.